The summed E-state index contributed by atoms with van der Waals surface area (Å²) in [7, 11) is 0. The Hall–Kier alpha value is -1.26. The van der Waals surface area contributed by atoms with E-state index in [9.17, 15) is 4.79 Å². The smallest absolute Gasteiger partial charge is 0.231 e. The zero-order valence-electron chi connectivity index (χ0n) is 17.0. The number of rotatable bonds is 6. The van der Waals surface area contributed by atoms with Crippen molar-refractivity contribution in [3.8, 4) is 11.5 Å². The van der Waals surface area contributed by atoms with E-state index in [-0.39, 0.29) is 24.2 Å². The van der Waals surface area contributed by atoms with Crippen LogP contribution in [0, 0.1) is 11.3 Å². The minimum atomic E-state index is 0.0189. The zero-order chi connectivity index (χ0) is 19.6. The van der Waals surface area contributed by atoms with Gasteiger partial charge in [-0.3, -0.25) is 9.69 Å². The summed E-state index contributed by atoms with van der Waals surface area (Å²) in [5, 5.41) is 0.697. The number of carbonyl (C=O) groups is 1. The Labute approximate surface area is 168 Å². The highest BCUT2D eigenvalue weighted by Crippen LogP contribution is 2.39. The van der Waals surface area contributed by atoms with Crippen LogP contribution in [0.2, 0.25) is 5.02 Å². The van der Waals surface area contributed by atoms with E-state index in [0.29, 0.717) is 23.0 Å². The lowest BCUT2D eigenvalue weighted by atomic mass is 9.77. The molecular weight excluding hydrogens is 362 g/mol. The molecule has 0 radical (unpaired) electrons. The molecule has 0 unspecified atom stereocenters. The van der Waals surface area contributed by atoms with Crippen LogP contribution in [0.15, 0.2) is 12.1 Å². The fourth-order valence-electron chi connectivity index (χ4n) is 4.33. The Morgan fingerprint density at radius 2 is 1.96 bits per heavy atom. The van der Waals surface area contributed by atoms with Crippen LogP contribution < -0.4 is 9.47 Å². The third-order valence-electron chi connectivity index (χ3n) is 5.49. The van der Waals surface area contributed by atoms with Gasteiger partial charge in [-0.05, 0) is 55.8 Å². The summed E-state index contributed by atoms with van der Waals surface area (Å²) in [5.74, 6) is 1.93. The van der Waals surface area contributed by atoms with E-state index in [4.69, 9.17) is 21.1 Å². The van der Waals surface area contributed by atoms with Crippen LogP contribution >= 0.6 is 11.6 Å². The van der Waals surface area contributed by atoms with Crippen LogP contribution in [0.25, 0.3) is 0 Å². The molecule has 0 aromatic heterocycles. The van der Waals surface area contributed by atoms with Crippen molar-refractivity contribution in [2.75, 3.05) is 19.9 Å². The molecule has 0 amide bonds. The van der Waals surface area contributed by atoms with E-state index < -0.39 is 0 Å². The van der Waals surface area contributed by atoms with Crippen molar-refractivity contribution in [2.45, 2.75) is 65.8 Å². The van der Waals surface area contributed by atoms with E-state index in [2.05, 4.69) is 32.6 Å². The first kappa shape index (κ1) is 20.5. The van der Waals surface area contributed by atoms with E-state index in [1.807, 2.05) is 12.1 Å². The van der Waals surface area contributed by atoms with Crippen molar-refractivity contribution in [1.29, 1.82) is 0 Å². The van der Waals surface area contributed by atoms with Crippen LogP contribution in [0.1, 0.15) is 58.9 Å². The molecule has 2 aliphatic heterocycles. The molecule has 1 aromatic rings. The van der Waals surface area contributed by atoms with Crippen molar-refractivity contribution in [3.63, 3.8) is 0 Å². The van der Waals surface area contributed by atoms with Crippen LogP contribution in [-0.4, -0.2) is 36.6 Å². The highest BCUT2D eigenvalue weighted by molar-refractivity contribution is 6.31. The quantitative estimate of drug-likeness (QED) is 0.673. The van der Waals surface area contributed by atoms with Gasteiger partial charge in [-0.25, -0.2) is 0 Å². The first-order valence-corrected chi connectivity index (χ1v) is 10.5. The SMILES string of the molecule is CCCN1CCC[C@@H](C(=O)CC(C)(C)C)[C@H]1Cc1cc2c(cc1Cl)OCO2. The number of likely N-dealkylation sites (tertiary alicyclic amines) is 1. The molecule has 5 heteroatoms. The third kappa shape index (κ3) is 4.97. The van der Waals surface area contributed by atoms with Gasteiger partial charge in [0.15, 0.2) is 11.5 Å². The van der Waals surface area contributed by atoms with Gasteiger partial charge in [0.25, 0.3) is 0 Å². The number of piperidine rings is 1. The Morgan fingerprint density at radius 1 is 1.26 bits per heavy atom. The monoisotopic (exact) mass is 393 g/mol. The van der Waals surface area contributed by atoms with Crippen molar-refractivity contribution in [3.05, 3.63) is 22.7 Å². The normalized spacial score (nSPS) is 22.9. The highest BCUT2D eigenvalue weighted by Gasteiger charge is 2.37. The minimum Gasteiger partial charge on any atom is -0.454 e. The first-order chi connectivity index (χ1) is 12.8. The molecule has 1 saturated heterocycles. The number of hydrogen-bond donors (Lipinski definition) is 0. The summed E-state index contributed by atoms with van der Waals surface area (Å²) >= 11 is 6.55. The predicted molar refractivity (Wildman–Crippen MR) is 109 cm³/mol. The number of ketones is 1. The van der Waals surface area contributed by atoms with E-state index in [1.54, 1.807) is 0 Å². The van der Waals surface area contributed by atoms with Gasteiger partial charge >= 0.3 is 0 Å². The van der Waals surface area contributed by atoms with Gasteiger partial charge in [-0.1, -0.05) is 39.3 Å². The fourth-order valence-corrected chi connectivity index (χ4v) is 4.56. The molecule has 2 atom stereocenters. The number of carbonyl (C=O) groups excluding carboxylic acids is 1. The average Bonchev–Trinajstić information content (AvgIpc) is 3.02. The van der Waals surface area contributed by atoms with Gasteiger partial charge in [0.1, 0.15) is 5.78 Å². The number of fused-ring (bicyclic) bond motifs is 1. The van der Waals surface area contributed by atoms with Gasteiger partial charge < -0.3 is 9.47 Å². The second kappa shape index (κ2) is 8.40. The molecule has 27 heavy (non-hydrogen) atoms. The van der Waals surface area contributed by atoms with Gasteiger partial charge in [0.2, 0.25) is 6.79 Å². The molecule has 4 nitrogen and oxygen atoms in total. The molecule has 1 fully saturated rings. The first-order valence-electron chi connectivity index (χ1n) is 10.1. The van der Waals surface area contributed by atoms with Crippen LogP contribution in [0.4, 0.5) is 0 Å². The number of ether oxygens (including phenoxy) is 2. The molecule has 3 rings (SSSR count). The Kier molecular flexibility index (Phi) is 6.37. The van der Waals surface area contributed by atoms with Gasteiger partial charge in [-0.15, -0.1) is 0 Å². The Bertz CT molecular complexity index is 681. The molecule has 0 N–H and O–H groups in total. The highest BCUT2D eigenvalue weighted by atomic mass is 35.5. The lowest BCUT2D eigenvalue weighted by Crippen LogP contribution is -2.49. The topological polar surface area (TPSA) is 38.8 Å². The molecule has 0 saturated carbocycles. The van der Waals surface area contributed by atoms with Crippen molar-refractivity contribution in [2.24, 2.45) is 11.3 Å². The number of benzene rings is 1. The standard InChI is InChI=1S/C22H32ClNO3/c1-5-8-24-9-6-7-16(19(25)13-22(2,3)4)18(24)10-15-11-20-21(12-17(15)23)27-14-26-20/h11-12,16,18H,5-10,13-14H2,1-4H3/t16-,18-/m1/s1. The summed E-state index contributed by atoms with van der Waals surface area (Å²) in [6, 6.07) is 4.04. The second-order valence-corrected chi connectivity index (χ2v) is 9.46. The maximum Gasteiger partial charge on any atom is 0.231 e. The third-order valence-corrected chi connectivity index (χ3v) is 5.85. The summed E-state index contributed by atoms with van der Waals surface area (Å²) in [4.78, 5) is 15.6. The number of nitrogens with zero attached hydrogens (tertiary/aromatic N) is 1. The molecule has 2 aliphatic rings. The second-order valence-electron chi connectivity index (χ2n) is 9.06. The zero-order valence-corrected chi connectivity index (χ0v) is 17.8. The van der Waals surface area contributed by atoms with E-state index in [1.165, 1.54) is 0 Å². The molecule has 2 heterocycles. The fraction of sp³-hybridized carbons (Fsp3) is 0.682. The molecule has 1 aromatic carbocycles. The summed E-state index contributed by atoms with van der Waals surface area (Å²) in [6.07, 6.45) is 4.55. The molecular formula is C22H32ClNO3. The van der Waals surface area contributed by atoms with Crippen molar-refractivity contribution in [1.82, 2.24) is 4.90 Å². The number of Topliss-reactive ketones (excluding diaryl/α,β-unsaturated/α-hetero) is 1. The molecule has 0 aliphatic carbocycles. The van der Waals surface area contributed by atoms with Crippen molar-refractivity contribution >= 4 is 17.4 Å². The van der Waals surface area contributed by atoms with E-state index in [0.717, 1.165) is 50.1 Å². The minimum absolute atomic E-state index is 0.0189. The lowest BCUT2D eigenvalue weighted by molar-refractivity contribution is -0.128. The van der Waals surface area contributed by atoms with Gasteiger partial charge in [0.05, 0.1) is 0 Å². The summed E-state index contributed by atoms with van der Waals surface area (Å²) in [6.45, 7) is 10.9. The average molecular weight is 394 g/mol. The van der Waals surface area contributed by atoms with Crippen LogP contribution in [0.5, 0.6) is 11.5 Å². The molecule has 0 spiro atoms. The van der Waals surface area contributed by atoms with Crippen LogP contribution in [0.3, 0.4) is 0 Å². The Balaban J connectivity index is 1.85. The molecule has 150 valence electrons. The van der Waals surface area contributed by atoms with E-state index >= 15 is 0 Å². The van der Waals surface area contributed by atoms with Gasteiger partial charge in [-0.2, -0.15) is 0 Å². The van der Waals surface area contributed by atoms with Crippen LogP contribution in [-0.2, 0) is 11.2 Å². The number of halogens is 1. The molecule has 0 bridgehead atoms. The predicted octanol–water partition coefficient (Wildman–Crippen LogP) is 5.11. The summed E-state index contributed by atoms with van der Waals surface area (Å²) in [5.41, 5.74) is 1.06. The largest absolute Gasteiger partial charge is 0.454 e. The summed E-state index contributed by atoms with van der Waals surface area (Å²) < 4.78 is 11.0. The maximum absolute atomic E-state index is 13.1. The van der Waals surface area contributed by atoms with Crippen molar-refractivity contribution < 1.29 is 14.3 Å². The van der Waals surface area contributed by atoms with Gasteiger partial charge in [0, 0.05) is 29.5 Å². The lowest BCUT2D eigenvalue weighted by Gasteiger charge is -2.41. The Morgan fingerprint density at radius 3 is 2.63 bits per heavy atom. The maximum atomic E-state index is 13.1. The number of hydrogen-bond acceptors (Lipinski definition) is 4.